The number of halogens is 1. The highest BCUT2D eigenvalue weighted by molar-refractivity contribution is 9.10. The molecule has 16 heavy (non-hydrogen) atoms. The first-order valence-corrected chi connectivity index (χ1v) is 6.17. The number of allylic oxidation sites excluding steroid dienone is 2. The van der Waals surface area contributed by atoms with Crippen LogP contribution in [-0.2, 0) is 9.53 Å². The first-order chi connectivity index (χ1) is 7.40. The third kappa shape index (κ3) is 3.37. The third-order valence-electron chi connectivity index (χ3n) is 2.42. The lowest BCUT2D eigenvalue weighted by Crippen LogP contribution is -2.42. The number of dihydropyridines is 1. The molecule has 0 aromatic rings. The fraction of sp³-hybridized carbons (Fsp3) is 0.583. The molecule has 0 radical (unpaired) electrons. The normalized spacial score (nSPS) is 24.0. The standard InChI is InChI=1S/C12H18BrNO2/c1-4-16-10(15)11(2,3)9-12(13)7-5-6-8-14-12/h5-8,14H,4,9H2,1-3H3. The molecule has 0 fully saturated rings. The van der Waals surface area contributed by atoms with Gasteiger partial charge in [-0.3, -0.25) is 4.79 Å². The molecule has 0 saturated carbocycles. The molecule has 0 spiro atoms. The largest absolute Gasteiger partial charge is 0.466 e. The van der Waals surface area contributed by atoms with E-state index in [0.29, 0.717) is 13.0 Å². The Hall–Kier alpha value is -0.770. The molecule has 0 amide bonds. The van der Waals surface area contributed by atoms with E-state index in [9.17, 15) is 4.79 Å². The smallest absolute Gasteiger partial charge is 0.311 e. The van der Waals surface area contributed by atoms with Crippen LogP contribution in [-0.4, -0.2) is 17.0 Å². The Balaban J connectivity index is 2.68. The molecule has 0 aliphatic carbocycles. The lowest BCUT2D eigenvalue weighted by molar-refractivity contribution is -0.154. The van der Waals surface area contributed by atoms with Crippen LogP contribution in [0, 0.1) is 5.41 Å². The average molecular weight is 288 g/mol. The minimum Gasteiger partial charge on any atom is -0.466 e. The van der Waals surface area contributed by atoms with Crippen molar-refractivity contribution < 1.29 is 9.53 Å². The van der Waals surface area contributed by atoms with Gasteiger partial charge in [0.2, 0.25) is 0 Å². The SMILES string of the molecule is CCOC(=O)C(C)(C)CC1(Br)C=CC=CN1. The van der Waals surface area contributed by atoms with Gasteiger partial charge < -0.3 is 10.1 Å². The van der Waals surface area contributed by atoms with Crippen LogP contribution in [0.25, 0.3) is 0 Å². The van der Waals surface area contributed by atoms with Crippen molar-refractivity contribution in [2.45, 2.75) is 31.6 Å². The maximum absolute atomic E-state index is 11.8. The van der Waals surface area contributed by atoms with Crippen LogP contribution in [0.5, 0.6) is 0 Å². The fourth-order valence-corrected chi connectivity index (χ4v) is 2.64. The van der Waals surface area contributed by atoms with E-state index < -0.39 is 5.41 Å². The predicted molar refractivity (Wildman–Crippen MR) is 68.1 cm³/mol. The molecule has 1 aliphatic rings. The molecule has 0 saturated heterocycles. The van der Waals surface area contributed by atoms with Crippen LogP contribution in [0.2, 0.25) is 0 Å². The van der Waals surface area contributed by atoms with Crippen molar-refractivity contribution in [1.29, 1.82) is 0 Å². The first kappa shape index (κ1) is 13.3. The molecule has 90 valence electrons. The Morgan fingerprint density at radius 3 is 2.69 bits per heavy atom. The Morgan fingerprint density at radius 2 is 2.19 bits per heavy atom. The van der Waals surface area contributed by atoms with Crippen LogP contribution in [0.4, 0.5) is 0 Å². The summed E-state index contributed by atoms with van der Waals surface area (Å²) in [4.78, 5) is 11.8. The van der Waals surface area contributed by atoms with E-state index in [-0.39, 0.29) is 10.4 Å². The molecule has 4 heteroatoms. The van der Waals surface area contributed by atoms with E-state index in [1.54, 1.807) is 0 Å². The lowest BCUT2D eigenvalue weighted by atomic mass is 9.85. The number of carbonyl (C=O) groups is 1. The average Bonchev–Trinajstić information content (AvgIpc) is 2.17. The molecule has 1 aliphatic heterocycles. The maximum atomic E-state index is 11.8. The van der Waals surface area contributed by atoms with Gasteiger partial charge in [0, 0.05) is 0 Å². The highest BCUT2D eigenvalue weighted by Crippen LogP contribution is 2.35. The summed E-state index contributed by atoms with van der Waals surface area (Å²) in [6.07, 6.45) is 8.34. The fourth-order valence-electron chi connectivity index (χ4n) is 1.65. The van der Waals surface area contributed by atoms with E-state index in [2.05, 4.69) is 21.2 Å². The Morgan fingerprint density at radius 1 is 1.50 bits per heavy atom. The molecule has 1 rings (SSSR count). The lowest BCUT2D eigenvalue weighted by Gasteiger charge is -2.33. The molecule has 1 N–H and O–H groups in total. The third-order valence-corrected chi connectivity index (χ3v) is 3.19. The van der Waals surface area contributed by atoms with Gasteiger partial charge >= 0.3 is 5.97 Å². The monoisotopic (exact) mass is 287 g/mol. The van der Waals surface area contributed by atoms with Crippen molar-refractivity contribution in [3.63, 3.8) is 0 Å². The Labute approximate surface area is 105 Å². The highest BCUT2D eigenvalue weighted by atomic mass is 79.9. The number of carbonyl (C=O) groups excluding carboxylic acids is 1. The second-order valence-corrected chi connectivity index (χ2v) is 5.92. The number of hydrogen-bond donors (Lipinski definition) is 1. The number of ether oxygens (including phenoxy) is 1. The van der Waals surface area contributed by atoms with E-state index >= 15 is 0 Å². The van der Waals surface area contributed by atoms with Gasteiger partial charge in [0.15, 0.2) is 0 Å². The number of alkyl halides is 1. The predicted octanol–water partition coefficient (Wildman–Crippen LogP) is 2.73. The van der Waals surface area contributed by atoms with Crippen molar-refractivity contribution in [3.05, 3.63) is 24.4 Å². The topological polar surface area (TPSA) is 38.3 Å². The van der Waals surface area contributed by atoms with Gasteiger partial charge in [-0.2, -0.15) is 0 Å². The van der Waals surface area contributed by atoms with Gasteiger partial charge in [-0.15, -0.1) is 0 Å². The van der Waals surface area contributed by atoms with Crippen molar-refractivity contribution in [3.8, 4) is 0 Å². The van der Waals surface area contributed by atoms with Crippen LogP contribution in [0.15, 0.2) is 24.4 Å². The summed E-state index contributed by atoms with van der Waals surface area (Å²) in [6, 6.07) is 0. The minimum atomic E-state index is -0.526. The van der Waals surface area contributed by atoms with Crippen LogP contribution >= 0.6 is 15.9 Å². The molecule has 1 atom stereocenters. The molecule has 0 bridgehead atoms. The molecular formula is C12H18BrNO2. The second-order valence-electron chi connectivity index (χ2n) is 4.51. The number of esters is 1. The van der Waals surface area contributed by atoms with Gasteiger partial charge in [0.05, 0.1) is 12.0 Å². The van der Waals surface area contributed by atoms with Crippen molar-refractivity contribution >= 4 is 21.9 Å². The number of rotatable bonds is 4. The molecular weight excluding hydrogens is 270 g/mol. The summed E-state index contributed by atoms with van der Waals surface area (Å²) in [7, 11) is 0. The van der Waals surface area contributed by atoms with Gasteiger partial charge in [0.25, 0.3) is 0 Å². The summed E-state index contributed by atoms with van der Waals surface area (Å²) in [5, 5.41) is 3.19. The maximum Gasteiger partial charge on any atom is 0.311 e. The van der Waals surface area contributed by atoms with E-state index in [1.807, 2.05) is 45.2 Å². The quantitative estimate of drug-likeness (QED) is 0.491. The van der Waals surface area contributed by atoms with Crippen molar-refractivity contribution in [1.82, 2.24) is 5.32 Å². The van der Waals surface area contributed by atoms with E-state index in [1.165, 1.54) is 0 Å². The van der Waals surface area contributed by atoms with Gasteiger partial charge in [0.1, 0.15) is 4.45 Å². The van der Waals surface area contributed by atoms with Crippen LogP contribution in [0.3, 0.4) is 0 Å². The zero-order valence-corrected chi connectivity index (χ0v) is 11.5. The summed E-state index contributed by atoms with van der Waals surface area (Å²) < 4.78 is 4.70. The van der Waals surface area contributed by atoms with E-state index in [4.69, 9.17) is 4.74 Å². The van der Waals surface area contributed by atoms with Crippen molar-refractivity contribution in [2.24, 2.45) is 5.41 Å². The zero-order valence-electron chi connectivity index (χ0n) is 9.92. The molecule has 3 nitrogen and oxygen atoms in total. The summed E-state index contributed by atoms with van der Waals surface area (Å²) in [6.45, 7) is 6.02. The molecule has 1 unspecified atom stereocenters. The number of nitrogens with one attached hydrogen (secondary N) is 1. The summed E-state index contributed by atoms with van der Waals surface area (Å²) >= 11 is 3.59. The zero-order chi connectivity index (χ0) is 12.2. The van der Waals surface area contributed by atoms with Gasteiger partial charge in [-0.1, -0.05) is 22.0 Å². The summed E-state index contributed by atoms with van der Waals surface area (Å²) in [5.41, 5.74) is -0.526. The summed E-state index contributed by atoms with van der Waals surface area (Å²) in [5.74, 6) is -0.168. The molecule has 0 aromatic carbocycles. The molecule has 0 aromatic heterocycles. The van der Waals surface area contributed by atoms with Crippen molar-refractivity contribution in [2.75, 3.05) is 6.61 Å². The van der Waals surface area contributed by atoms with E-state index in [0.717, 1.165) is 0 Å². The second kappa shape index (κ2) is 5.04. The van der Waals surface area contributed by atoms with Crippen LogP contribution in [0.1, 0.15) is 27.2 Å². The molecule has 1 heterocycles. The Bertz CT molecular complexity index is 323. The van der Waals surface area contributed by atoms with Gasteiger partial charge in [-0.25, -0.2) is 0 Å². The Kier molecular flexibility index (Phi) is 4.19. The highest BCUT2D eigenvalue weighted by Gasteiger charge is 2.38. The number of hydrogen-bond acceptors (Lipinski definition) is 3. The van der Waals surface area contributed by atoms with Gasteiger partial charge in [-0.05, 0) is 45.5 Å². The first-order valence-electron chi connectivity index (χ1n) is 5.38. The van der Waals surface area contributed by atoms with Crippen LogP contribution < -0.4 is 5.32 Å². The minimum absolute atomic E-state index is 0.168.